The zero-order valence-corrected chi connectivity index (χ0v) is 16.8. The molecule has 0 aliphatic rings. The number of aromatic nitrogens is 2. The van der Waals surface area contributed by atoms with E-state index in [1.165, 1.54) is 28.7 Å². The molecule has 4 nitrogen and oxygen atoms in total. The van der Waals surface area contributed by atoms with Crippen LogP contribution in [0.2, 0.25) is 5.02 Å². The second-order valence-corrected chi connectivity index (χ2v) is 8.23. The van der Waals surface area contributed by atoms with Crippen LogP contribution in [0.3, 0.4) is 0 Å². The predicted octanol–water partition coefficient (Wildman–Crippen LogP) is 6.14. The highest BCUT2D eigenvalue weighted by molar-refractivity contribution is 7.99. The monoisotopic (exact) mass is 414 g/mol. The first-order valence-electron chi connectivity index (χ1n) is 8.41. The number of hydrogen-bond donors (Lipinski definition) is 0. The lowest BCUT2D eigenvalue weighted by molar-refractivity contribution is 0.102. The Morgan fingerprint density at radius 2 is 1.93 bits per heavy atom. The van der Waals surface area contributed by atoms with E-state index in [0.717, 1.165) is 21.4 Å². The van der Waals surface area contributed by atoms with E-state index < -0.39 is 0 Å². The van der Waals surface area contributed by atoms with E-state index in [1.807, 2.05) is 48.5 Å². The summed E-state index contributed by atoms with van der Waals surface area (Å²) in [4.78, 5) is 13.1. The van der Waals surface area contributed by atoms with Crippen LogP contribution in [0.4, 0.5) is 0 Å². The summed E-state index contributed by atoms with van der Waals surface area (Å²) in [6, 6.07) is 15.6. The Balaban J connectivity index is 1.47. The van der Waals surface area contributed by atoms with Gasteiger partial charge in [0.25, 0.3) is 11.1 Å². The molecule has 0 bridgehead atoms. The predicted molar refractivity (Wildman–Crippen MR) is 111 cm³/mol. The Labute approximate surface area is 169 Å². The van der Waals surface area contributed by atoms with Crippen LogP contribution in [-0.4, -0.2) is 21.7 Å². The van der Waals surface area contributed by atoms with Gasteiger partial charge in [0.15, 0.2) is 5.78 Å². The van der Waals surface area contributed by atoms with Gasteiger partial charge in [-0.3, -0.25) is 4.79 Å². The summed E-state index contributed by atoms with van der Waals surface area (Å²) >= 11 is 9.20. The van der Waals surface area contributed by atoms with Crippen molar-refractivity contribution in [2.45, 2.75) is 18.6 Å². The maximum absolute atomic E-state index is 12.3. The average Bonchev–Trinajstić information content (AvgIpc) is 3.31. The molecule has 7 heteroatoms. The molecular formula is C20H15ClN2O2S2. The first-order valence-corrected chi connectivity index (χ1v) is 10.6. The van der Waals surface area contributed by atoms with Crippen LogP contribution in [0.15, 0.2) is 58.2 Å². The number of rotatable bonds is 6. The van der Waals surface area contributed by atoms with E-state index in [9.17, 15) is 4.79 Å². The number of carbonyl (C=O) groups excluding carboxylic acids is 1. The molecule has 0 radical (unpaired) electrons. The van der Waals surface area contributed by atoms with Crippen molar-refractivity contribution in [3.05, 3.63) is 64.7 Å². The van der Waals surface area contributed by atoms with Gasteiger partial charge in [0.05, 0.1) is 10.8 Å². The maximum atomic E-state index is 12.3. The van der Waals surface area contributed by atoms with Crippen molar-refractivity contribution in [3.63, 3.8) is 0 Å². The van der Waals surface area contributed by atoms with Crippen molar-refractivity contribution < 1.29 is 9.21 Å². The molecular weight excluding hydrogens is 400 g/mol. The van der Waals surface area contributed by atoms with E-state index in [1.54, 1.807) is 0 Å². The number of aryl methyl sites for hydroxylation is 1. The van der Waals surface area contributed by atoms with Gasteiger partial charge in [-0.15, -0.1) is 21.5 Å². The third kappa shape index (κ3) is 3.78. The average molecular weight is 415 g/mol. The normalized spacial score (nSPS) is 11.2. The van der Waals surface area contributed by atoms with Gasteiger partial charge in [-0.25, -0.2) is 0 Å². The van der Waals surface area contributed by atoms with Gasteiger partial charge < -0.3 is 4.42 Å². The van der Waals surface area contributed by atoms with Crippen molar-refractivity contribution in [2.24, 2.45) is 0 Å². The number of carbonyl (C=O) groups is 1. The Hall–Kier alpha value is -2.15. The van der Waals surface area contributed by atoms with Crippen LogP contribution in [0.1, 0.15) is 22.8 Å². The molecule has 0 N–H and O–H groups in total. The summed E-state index contributed by atoms with van der Waals surface area (Å²) < 4.78 is 6.78. The van der Waals surface area contributed by atoms with E-state index in [2.05, 4.69) is 17.1 Å². The topological polar surface area (TPSA) is 56.0 Å². The molecule has 4 rings (SSSR count). The molecule has 0 amide bonds. The van der Waals surface area contributed by atoms with Gasteiger partial charge in [-0.05, 0) is 18.1 Å². The molecule has 0 atom stereocenters. The van der Waals surface area contributed by atoms with E-state index in [0.29, 0.717) is 21.7 Å². The molecule has 27 heavy (non-hydrogen) atoms. The lowest BCUT2D eigenvalue weighted by atomic mass is 10.1. The largest absolute Gasteiger partial charge is 0.410 e. The molecule has 0 unspecified atom stereocenters. The fourth-order valence-corrected chi connectivity index (χ4v) is 4.74. The Morgan fingerprint density at radius 3 is 2.67 bits per heavy atom. The molecule has 4 aromatic rings. The molecule has 2 aromatic heterocycles. The smallest absolute Gasteiger partial charge is 0.277 e. The third-order valence-electron chi connectivity index (χ3n) is 4.15. The fourth-order valence-electron chi connectivity index (χ4n) is 2.65. The second-order valence-electron chi connectivity index (χ2n) is 5.88. The van der Waals surface area contributed by atoms with E-state index in [-0.39, 0.29) is 11.5 Å². The molecule has 0 aliphatic heterocycles. The highest BCUT2D eigenvalue weighted by atomic mass is 35.5. The summed E-state index contributed by atoms with van der Waals surface area (Å²) in [5.74, 6) is 0.651. The van der Waals surface area contributed by atoms with Gasteiger partial charge in [0, 0.05) is 15.6 Å². The summed E-state index contributed by atoms with van der Waals surface area (Å²) in [7, 11) is 0. The number of thioether (sulfide) groups is 1. The standard InChI is InChI=1S/C20H15ClN2O2S2/c1-2-12-7-9-13(10-8-12)15(24)11-26-20-23-22-19(25-20)18-17(21)14-5-3-4-6-16(14)27-18/h3-10H,2,11H2,1H3. The summed E-state index contributed by atoms with van der Waals surface area (Å²) in [5.41, 5.74) is 1.90. The zero-order valence-electron chi connectivity index (χ0n) is 14.4. The summed E-state index contributed by atoms with van der Waals surface area (Å²) in [6.07, 6.45) is 0.953. The lowest BCUT2D eigenvalue weighted by Crippen LogP contribution is -2.02. The molecule has 2 aromatic carbocycles. The van der Waals surface area contributed by atoms with Crippen molar-refractivity contribution >= 4 is 50.6 Å². The number of fused-ring (bicyclic) bond motifs is 1. The second kappa shape index (κ2) is 7.84. The van der Waals surface area contributed by atoms with Gasteiger partial charge in [0.2, 0.25) is 0 Å². The molecule has 0 fully saturated rings. The van der Waals surface area contributed by atoms with Crippen LogP contribution in [0.25, 0.3) is 20.9 Å². The van der Waals surface area contributed by atoms with Crippen LogP contribution in [-0.2, 0) is 6.42 Å². The first kappa shape index (κ1) is 18.2. The van der Waals surface area contributed by atoms with Gasteiger partial charge in [-0.2, -0.15) is 0 Å². The highest BCUT2D eigenvalue weighted by Gasteiger charge is 2.18. The minimum Gasteiger partial charge on any atom is -0.410 e. The van der Waals surface area contributed by atoms with Crippen LogP contribution >= 0.6 is 34.7 Å². The molecule has 0 spiro atoms. The molecule has 0 saturated heterocycles. The number of halogens is 1. The number of nitrogens with zero attached hydrogens (tertiary/aromatic N) is 2. The van der Waals surface area contributed by atoms with Crippen LogP contribution in [0, 0.1) is 0 Å². The number of hydrogen-bond acceptors (Lipinski definition) is 6. The number of benzene rings is 2. The maximum Gasteiger partial charge on any atom is 0.277 e. The Kier molecular flexibility index (Phi) is 5.29. The third-order valence-corrected chi connectivity index (χ3v) is 6.63. The molecule has 0 saturated carbocycles. The minimum atomic E-state index is 0.0299. The van der Waals surface area contributed by atoms with Gasteiger partial charge in [0.1, 0.15) is 4.88 Å². The summed E-state index contributed by atoms with van der Waals surface area (Å²) in [6.45, 7) is 2.09. The lowest BCUT2D eigenvalue weighted by Gasteiger charge is -2.00. The van der Waals surface area contributed by atoms with Crippen molar-refractivity contribution in [1.82, 2.24) is 10.2 Å². The number of ketones is 1. The van der Waals surface area contributed by atoms with Crippen molar-refractivity contribution in [1.29, 1.82) is 0 Å². The zero-order chi connectivity index (χ0) is 18.8. The van der Waals surface area contributed by atoms with Gasteiger partial charge >= 0.3 is 0 Å². The Morgan fingerprint density at radius 1 is 1.15 bits per heavy atom. The van der Waals surface area contributed by atoms with Crippen molar-refractivity contribution in [2.75, 3.05) is 5.75 Å². The number of thiophene rings is 1. The van der Waals surface area contributed by atoms with E-state index >= 15 is 0 Å². The number of Topliss-reactive ketones (excluding diaryl/α,β-unsaturated/α-hetero) is 1. The fraction of sp³-hybridized carbons (Fsp3) is 0.150. The minimum absolute atomic E-state index is 0.0299. The Bertz CT molecular complexity index is 1100. The van der Waals surface area contributed by atoms with E-state index in [4.69, 9.17) is 16.0 Å². The van der Waals surface area contributed by atoms with Crippen molar-refractivity contribution in [3.8, 4) is 10.8 Å². The van der Waals surface area contributed by atoms with Crippen LogP contribution in [0.5, 0.6) is 0 Å². The molecule has 0 aliphatic carbocycles. The first-order chi connectivity index (χ1) is 13.2. The highest BCUT2D eigenvalue weighted by Crippen LogP contribution is 2.41. The van der Waals surface area contributed by atoms with Gasteiger partial charge in [-0.1, -0.05) is 72.8 Å². The SMILES string of the molecule is CCc1ccc(C(=O)CSc2nnc(-c3sc4ccccc4c3Cl)o2)cc1. The molecule has 2 heterocycles. The molecule has 136 valence electrons. The van der Waals surface area contributed by atoms with Crippen LogP contribution < -0.4 is 0 Å². The quantitative estimate of drug-likeness (QED) is 0.280. The summed E-state index contributed by atoms with van der Waals surface area (Å²) in [5, 5.41) is 10.1.